The highest BCUT2D eigenvalue weighted by atomic mass is 79.9. The molecule has 2 nitrogen and oxygen atoms in total. The molecule has 1 aromatic heterocycles. The molecule has 0 amide bonds. The van der Waals surface area contributed by atoms with Crippen LogP contribution in [0.3, 0.4) is 0 Å². The van der Waals surface area contributed by atoms with Crippen LogP contribution in [0.15, 0.2) is 39.4 Å². The molecule has 2 aromatic rings. The van der Waals surface area contributed by atoms with Gasteiger partial charge < -0.3 is 9.52 Å². The van der Waals surface area contributed by atoms with Crippen LogP contribution in [-0.2, 0) is 12.8 Å². The molecule has 1 N–H and O–H groups in total. The first-order valence-corrected chi connectivity index (χ1v) is 6.59. The Labute approximate surface area is 114 Å². The van der Waals surface area contributed by atoms with Crippen molar-refractivity contribution in [2.24, 2.45) is 0 Å². The minimum Gasteiger partial charge on any atom is -0.469 e. The lowest BCUT2D eigenvalue weighted by molar-refractivity contribution is 0.174. The van der Waals surface area contributed by atoms with Crippen LogP contribution in [0.5, 0.6) is 0 Å². The quantitative estimate of drug-likeness (QED) is 0.925. The predicted molar refractivity (Wildman–Crippen MR) is 70.8 cm³/mol. The molecular formula is C14H14BrFO2. The van der Waals surface area contributed by atoms with Crippen LogP contribution in [0.2, 0.25) is 0 Å². The van der Waals surface area contributed by atoms with Gasteiger partial charge in [0.1, 0.15) is 11.6 Å². The topological polar surface area (TPSA) is 33.4 Å². The van der Waals surface area contributed by atoms with E-state index in [1.807, 2.05) is 6.92 Å². The average molecular weight is 313 g/mol. The van der Waals surface area contributed by atoms with E-state index < -0.39 is 6.10 Å². The van der Waals surface area contributed by atoms with E-state index in [4.69, 9.17) is 4.42 Å². The highest BCUT2D eigenvalue weighted by Crippen LogP contribution is 2.25. The van der Waals surface area contributed by atoms with Gasteiger partial charge in [-0.2, -0.15) is 0 Å². The number of rotatable bonds is 4. The van der Waals surface area contributed by atoms with Crippen LogP contribution in [0.25, 0.3) is 0 Å². The molecule has 0 aliphatic rings. The highest BCUT2D eigenvalue weighted by molar-refractivity contribution is 9.10. The van der Waals surface area contributed by atoms with Gasteiger partial charge >= 0.3 is 0 Å². The van der Waals surface area contributed by atoms with E-state index in [2.05, 4.69) is 15.9 Å². The summed E-state index contributed by atoms with van der Waals surface area (Å²) in [4.78, 5) is 0. The average Bonchev–Trinajstić information content (AvgIpc) is 2.82. The summed E-state index contributed by atoms with van der Waals surface area (Å²) in [6.07, 6.45) is 1.75. The zero-order valence-corrected chi connectivity index (χ0v) is 11.6. The number of hydrogen-bond acceptors (Lipinski definition) is 2. The third kappa shape index (κ3) is 2.82. The van der Waals surface area contributed by atoms with Gasteiger partial charge in [0.25, 0.3) is 0 Å². The molecule has 1 heterocycles. The van der Waals surface area contributed by atoms with Crippen molar-refractivity contribution in [2.75, 3.05) is 0 Å². The molecule has 0 spiro atoms. The molecule has 0 aliphatic heterocycles. The van der Waals surface area contributed by atoms with Gasteiger partial charge in [-0.15, -0.1) is 0 Å². The molecule has 1 aromatic carbocycles. The van der Waals surface area contributed by atoms with E-state index in [-0.39, 0.29) is 12.2 Å². The summed E-state index contributed by atoms with van der Waals surface area (Å²) < 4.78 is 19.7. The molecular weight excluding hydrogens is 299 g/mol. The van der Waals surface area contributed by atoms with Gasteiger partial charge in [0.2, 0.25) is 0 Å². The normalized spacial score (nSPS) is 12.7. The predicted octanol–water partition coefficient (Wildman–Crippen LogP) is 4.02. The molecule has 2 rings (SSSR count). The summed E-state index contributed by atoms with van der Waals surface area (Å²) in [5, 5.41) is 10.1. The smallest absolute Gasteiger partial charge is 0.126 e. The monoisotopic (exact) mass is 312 g/mol. The first-order chi connectivity index (χ1) is 8.61. The molecule has 0 bridgehead atoms. The minimum atomic E-state index is -0.748. The molecule has 1 unspecified atom stereocenters. The number of furan rings is 1. The summed E-state index contributed by atoms with van der Waals surface area (Å²) in [5.74, 6) is 0.441. The minimum absolute atomic E-state index is 0.234. The Hall–Kier alpha value is -1.13. The zero-order valence-electron chi connectivity index (χ0n) is 9.99. The van der Waals surface area contributed by atoms with Crippen LogP contribution >= 0.6 is 15.9 Å². The first-order valence-electron chi connectivity index (χ1n) is 5.80. The molecule has 1 atom stereocenters. The number of aliphatic hydroxyl groups excluding tert-OH is 1. The van der Waals surface area contributed by atoms with Crippen LogP contribution in [0.1, 0.15) is 29.9 Å². The van der Waals surface area contributed by atoms with E-state index in [9.17, 15) is 9.50 Å². The fraction of sp³-hybridized carbons (Fsp3) is 0.286. The van der Waals surface area contributed by atoms with Crippen molar-refractivity contribution in [1.82, 2.24) is 0 Å². The van der Waals surface area contributed by atoms with Crippen molar-refractivity contribution in [2.45, 2.75) is 25.9 Å². The molecule has 4 heteroatoms. The highest BCUT2D eigenvalue weighted by Gasteiger charge is 2.16. The maximum atomic E-state index is 13.6. The van der Waals surface area contributed by atoms with Crippen molar-refractivity contribution >= 4 is 15.9 Å². The van der Waals surface area contributed by atoms with Crippen molar-refractivity contribution in [3.8, 4) is 0 Å². The summed E-state index contributed by atoms with van der Waals surface area (Å²) in [5.41, 5.74) is 1.22. The van der Waals surface area contributed by atoms with Crippen LogP contribution < -0.4 is 0 Å². The van der Waals surface area contributed by atoms with Crippen molar-refractivity contribution in [3.05, 3.63) is 57.7 Å². The van der Waals surface area contributed by atoms with E-state index in [0.717, 1.165) is 15.8 Å². The molecule has 0 fully saturated rings. The van der Waals surface area contributed by atoms with Gasteiger partial charge in [0.15, 0.2) is 0 Å². The van der Waals surface area contributed by atoms with Crippen molar-refractivity contribution < 1.29 is 13.9 Å². The molecule has 18 heavy (non-hydrogen) atoms. The van der Waals surface area contributed by atoms with Gasteiger partial charge in [-0.05, 0) is 29.8 Å². The third-order valence-corrected chi connectivity index (χ3v) is 3.37. The Kier molecular flexibility index (Phi) is 4.19. The van der Waals surface area contributed by atoms with E-state index >= 15 is 0 Å². The van der Waals surface area contributed by atoms with Gasteiger partial charge in [-0.25, -0.2) is 4.39 Å². The van der Waals surface area contributed by atoms with E-state index in [0.29, 0.717) is 12.0 Å². The lowest BCUT2D eigenvalue weighted by Crippen LogP contribution is -2.04. The molecule has 0 saturated carbocycles. The second-order valence-corrected chi connectivity index (χ2v) is 5.02. The fourth-order valence-electron chi connectivity index (χ4n) is 1.95. The third-order valence-electron chi connectivity index (χ3n) is 2.88. The number of hydrogen-bond donors (Lipinski definition) is 1. The molecule has 96 valence electrons. The number of benzene rings is 1. The fourth-order valence-corrected chi connectivity index (χ4v) is 2.36. The van der Waals surface area contributed by atoms with Gasteiger partial charge in [0.05, 0.1) is 12.4 Å². The Balaban J connectivity index is 2.21. The van der Waals surface area contributed by atoms with Gasteiger partial charge in [-0.1, -0.05) is 22.9 Å². The maximum Gasteiger partial charge on any atom is 0.126 e. The molecule has 0 saturated heterocycles. The van der Waals surface area contributed by atoms with Crippen molar-refractivity contribution in [3.63, 3.8) is 0 Å². The summed E-state index contributed by atoms with van der Waals surface area (Å²) in [6.45, 7) is 1.95. The Morgan fingerprint density at radius 1 is 1.39 bits per heavy atom. The maximum absolute atomic E-state index is 13.6. The van der Waals surface area contributed by atoms with E-state index in [1.54, 1.807) is 24.5 Å². The van der Waals surface area contributed by atoms with Crippen LogP contribution in [0.4, 0.5) is 4.39 Å². The summed E-state index contributed by atoms with van der Waals surface area (Å²) in [7, 11) is 0. The van der Waals surface area contributed by atoms with Crippen molar-refractivity contribution in [1.29, 1.82) is 0 Å². The number of aliphatic hydroxyl groups is 1. The number of aryl methyl sites for hydroxylation is 1. The largest absolute Gasteiger partial charge is 0.469 e. The Morgan fingerprint density at radius 2 is 2.17 bits per heavy atom. The lowest BCUT2D eigenvalue weighted by Gasteiger charge is -2.11. The Morgan fingerprint density at radius 3 is 2.89 bits per heavy atom. The van der Waals surface area contributed by atoms with Crippen LogP contribution in [-0.4, -0.2) is 5.11 Å². The van der Waals surface area contributed by atoms with E-state index in [1.165, 1.54) is 6.07 Å². The second-order valence-electron chi connectivity index (χ2n) is 4.11. The van der Waals surface area contributed by atoms with Gasteiger partial charge in [0, 0.05) is 22.9 Å². The standard InChI is InChI=1S/C14H14BrFO2/c1-2-14-11(5-6-18-14)13(17)8-9-7-10(15)3-4-12(9)16/h3-7,13,17H,2,8H2,1H3. The Bertz CT molecular complexity index is 536. The number of halogens is 2. The molecule has 0 radical (unpaired) electrons. The van der Waals surface area contributed by atoms with Crippen LogP contribution in [0, 0.1) is 5.82 Å². The summed E-state index contributed by atoms with van der Waals surface area (Å²) >= 11 is 3.30. The van der Waals surface area contributed by atoms with Gasteiger partial charge in [-0.3, -0.25) is 0 Å². The lowest BCUT2D eigenvalue weighted by atomic mass is 10.0. The molecule has 0 aliphatic carbocycles. The zero-order chi connectivity index (χ0) is 13.1. The SMILES string of the molecule is CCc1occc1C(O)Cc1cc(Br)ccc1F. The summed E-state index contributed by atoms with van der Waals surface area (Å²) in [6, 6.07) is 6.45. The first kappa shape index (κ1) is 13.3. The second kappa shape index (κ2) is 5.67.